The van der Waals surface area contributed by atoms with E-state index in [1.54, 1.807) is 25.1 Å². The highest BCUT2D eigenvalue weighted by atomic mass is 32.1. The van der Waals surface area contributed by atoms with Crippen molar-refractivity contribution in [2.24, 2.45) is 0 Å². The number of amides is 1. The summed E-state index contributed by atoms with van der Waals surface area (Å²) in [6.07, 6.45) is 0. The maximum atomic E-state index is 13.2. The summed E-state index contributed by atoms with van der Waals surface area (Å²) in [6.45, 7) is 1.75. The Balaban J connectivity index is 1.93. The van der Waals surface area contributed by atoms with Crippen LogP contribution in [0.25, 0.3) is 0 Å². The molecule has 6 heteroatoms. The number of aromatic nitrogens is 1. The number of carbonyl (C=O) groups excluding carboxylic acids is 1. The molecule has 2 aromatic heterocycles. The molecule has 0 aliphatic rings. The molecule has 0 saturated carbocycles. The van der Waals surface area contributed by atoms with Crippen LogP contribution in [0.15, 0.2) is 58.7 Å². The first-order valence-corrected chi connectivity index (χ1v) is 8.22. The summed E-state index contributed by atoms with van der Waals surface area (Å²) in [5, 5.41) is 4.76. The van der Waals surface area contributed by atoms with Crippen LogP contribution in [0.1, 0.15) is 32.5 Å². The summed E-state index contributed by atoms with van der Waals surface area (Å²) in [5.41, 5.74) is 1.04. The van der Waals surface area contributed by atoms with E-state index in [1.165, 1.54) is 29.5 Å². The SMILES string of the molecule is Cc1ccc(C(=O)N[C@H](c2ccc(F)cc2)c2cccs2)c(=O)[nH]1. The molecular formula is C18H15FN2O2S. The van der Waals surface area contributed by atoms with Crippen molar-refractivity contribution in [3.8, 4) is 0 Å². The molecule has 1 aromatic carbocycles. The molecule has 0 radical (unpaired) electrons. The molecule has 24 heavy (non-hydrogen) atoms. The van der Waals surface area contributed by atoms with Gasteiger partial charge in [0.2, 0.25) is 0 Å². The summed E-state index contributed by atoms with van der Waals surface area (Å²) in [7, 11) is 0. The molecule has 1 atom stereocenters. The molecule has 2 heterocycles. The number of pyridine rings is 1. The minimum atomic E-state index is -0.473. The van der Waals surface area contributed by atoms with Gasteiger partial charge >= 0.3 is 0 Å². The minimum absolute atomic E-state index is 0.0456. The van der Waals surface area contributed by atoms with Gasteiger partial charge < -0.3 is 10.3 Å². The third-order valence-electron chi connectivity index (χ3n) is 3.61. The lowest BCUT2D eigenvalue weighted by Gasteiger charge is -2.18. The summed E-state index contributed by atoms with van der Waals surface area (Å²) in [5.74, 6) is -0.816. The van der Waals surface area contributed by atoms with E-state index in [9.17, 15) is 14.0 Å². The second-order valence-corrected chi connectivity index (χ2v) is 6.34. The van der Waals surface area contributed by atoms with Crippen LogP contribution in [0.2, 0.25) is 0 Å². The molecule has 0 aliphatic heterocycles. The predicted molar refractivity (Wildman–Crippen MR) is 91.8 cm³/mol. The normalized spacial score (nSPS) is 11.9. The number of nitrogens with one attached hydrogen (secondary N) is 2. The highest BCUT2D eigenvalue weighted by molar-refractivity contribution is 7.10. The number of aryl methyl sites for hydroxylation is 1. The molecule has 2 N–H and O–H groups in total. The number of carbonyl (C=O) groups is 1. The van der Waals surface area contributed by atoms with Crippen LogP contribution >= 0.6 is 11.3 Å². The van der Waals surface area contributed by atoms with E-state index in [1.807, 2.05) is 17.5 Å². The second-order valence-electron chi connectivity index (χ2n) is 5.36. The van der Waals surface area contributed by atoms with Gasteiger partial charge in [-0.1, -0.05) is 18.2 Å². The standard InChI is InChI=1S/C18H15FN2O2S/c1-11-4-9-14(17(22)20-11)18(23)21-16(15-3-2-10-24-15)12-5-7-13(19)8-6-12/h2-10,16H,1H3,(H,20,22)(H,21,23)/t16-/m1/s1. The number of benzene rings is 1. The number of hydrogen-bond donors (Lipinski definition) is 2. The van der Waals surface area contributed by atoms with Crippen molar-refractivity contribution in [2.75, 3.05) is 0 Å². The lowest BCUT2D eigenvalue weighted by atomic mass is 10.0. The first-order valence-electron chi connectivity index (χ1n) is 7.34. The topological polar surface area (TPSA) is 62.0 Å². The molecule has 0 fully saturated rings. The summed E-state index contributed by atoms with van der Waals surface area (Å²) >= 11 is 1.48. The van der Waals surface area contributed by atoms with Crippen LogP contribution in [-0.4, -0.2) is 10.9 Å². The second kappa shape index (κ2) is 6.80. The van der Waals surface area contributed by atoms with Crippen molar-refractivity contribution in [3.05, 3.63) is 91.8 Å². The van der Waals surface area contributed by atoms with Crippen molar-refractivity contribution in [3.63, 3.8) is 0 Å². The maximum absolute atomic E-state index is 13.2. The van der Waals surface area contributed by atoms with E-state index < -0.39 is 17.5 Å². The Bertz CT molecular complexity index is 902. The Labute approximate surface area is 142 Å². The van der Waals surface area contributed by atoms with E-state index in [0.717, 1.165) is 10.4 Å². The third-order valence-corrected chi connectivity index (χ3v) is 4.54. The van der Waals surface area contributed by atoms with Crippen LogP contribution in [0.4, 0.5) is 4.39 Å². The number of aromatic amines is 1. The summed E-state index contributed by atoms with van der Waals surface area (Å²) < 4.78 is 13.2. The van der Waals surface area contributed by atoms with Crippen molar-refractivity contribution in [1.82, 2.24) is 10.3 Å². The van der Waals surface area contributed by atoms with E-state index in [2.05, 4.69) is 10.3 Å². The molecule has 0 saturated heterocycles. The van der Waals surface area contributed by atoms with Crippen LogP contribution in [-0.2, 0) is 0 Å². The van der Waals surface area contributed by atoms with Gasteiger partial charge in [-0.05, 0) is 48.2 Å². The van der Waals surface area contributed by atoms with Gasteiger partial charge in [-0.15, -0.1) is 11.3 Å². The Morgan fingerprint density at radius 1 is 1.17 bits per heavy atom. The minimum Gasteiger partial charge on any atom is -0.340 e. The molecule has 0 spiro atoms. The lowest BCUT2D eigenvalue weighted by Crippen LogP contribution is -2.33. The average Bonchev–Trinajstić information content (AvgIpc) is 3.07. The maximum Gasteiger partial charge on any atom is 0.260 e. The summed E-state index contributed by atoms with van der Waals surface area (Å²) in [6, 6.07) is 12.4. The third kappa shape index (κ3) is 3.44. The van der Waals surface area contributed by atoms with E-state index in [0.29, 0.717) is 5.69 Å². The average molecular weight is 342 g/mol. The zero-order chi connectivity index (χ0) is 17.1. The fourth-order valence-electron chi connectivity index (χ4n) is 2.39. The van der Waals surface area contributed by atoms with Gasteiger partial charge in [0.1, 0.15) is 11.4 Å². The molecule has 0 aliphatic carbocycles. The predicted octanol–water partition coefficient (Wildman–Crippen LogP) is 3.40. The van der Waals surface area contributed by atoms with Gasteiger partial charge in [-0.3, -0.25) is 9.59 Å². The van der Waals surface area contributed by atoms with E-state index >= 15 is 0 Å². The Hall–Kier alpha value is -2.73. The van der Waals surface area contributed by atoms with Gasteiger partial charge in [0.15, 0.2) is 0 Å². The van der Waals surface area contributed by atoms with Gasteiger partial charge in [0.05, 0.1) is 6.04 Å². The fraction of sp³-hybridized carbons (Fsp3) is 0.111. The van der Waals surface area contributed by atoms with Crippen molar-refractivity contribution < 1.29 is 9.18 Å². The van der Waals surface area contributed by atoms with Gasteiger partial charge in [0, 0.05) is 10.6 Å². The fourth-order valence-corrected chi connectivity index (χ4v) is 3.19. The van der Waals surface area contributed by atoms with Crippen LogP contribution in [0.3, 0.4) is 0 Å². The van der Waals surface area contributed by atoms with Crippen LogP contribution < -0.4 is 10.9 Å². The van der Waals surface area contributed by atoms with Gasteiger partial charge in [0.25, 0.3) is 11.5 Å². The van der Waals surface area contributed by atoms with Gasteiger partial charge in [-0.25, -0.2) is 4.39 Å². The molecule has 3 rings (SSSR count). The Morgan fingerprint density at radius 3 is 2.54 bits per heavy atom. The van der Waals surface area contributed by atoms with Crippen LogP contribution in [0, 0.1) is 12.7 Å². The zero-order valence-electron chi connectivity index (χ0n) is 12.9. The molecule has 0 bridgehead atoms. The Morgan fingerprint density at radius 2 is 1.92 bits per heavy atom. The van der Waals surface area contributed by atoms with Crippen molar-refractivity contribution in [1.29, 1.82) is 0 Å². The number of hydrogen-bond acceptors (Lipinski definition) is 3. The first kappa shape index (κ1) is 16.1. The molecule has 122 valence electrons. The molecule has 3 aromatic rings. The molecule has 0 unspecified atom stereocenters. The van der Waals surface area contributed by atoms with Crippen molar-refractivity contribution >= 4 is 17.2 Å². The van der Waals surface area contributed by atoms with Gasteiger partial charge in [-0.2, -0.15) is 0 Å². The van der Waals surface area contributed by atoms with Crippen LogP contribution in [0.5, 0.6) is 0 Å². The largest absolute Gasteiger partial charge is 0.340 e. The lowest BCUT2D eigenvalue weighted by molar-refractivity contribution is 0.0942. The number of halogens is 1. The molecular weight excluding hydrogens is 327 g/mol. The smallest absolute Gasteiger partial charge is 0.260 e. The number of H-pyrrole nitrogens is 1. The zero-order valence-corrected chi connectivity index (χ0v) is 13.7. The Kier molecular flexibility index (Phi) is 4.57. The molecule has 4 nitrogen and oxygen atoms in total. The number of rotatable bonds is 4. The van der Waals surface area contributed by atoms with Crippen molar-refractivity contribution in [2.45, 2.75) is 13.0 Å². The van der Waals surface area contributed by atoms with E-state index in [4.69, 9.17) is 0 Å². The summed E-state index contributed by atoms with van der Waals surface area (Å²) in [4.78, 5) is 28.0. The quantitative estimate of drug-likeness (QED) is 0.763. The first-order chi connectivity index (χ1) is 11.5. The monoisotopic (exact) mass is 342 g/mol. The molecule has 1 amide bonds. The highest BCUT2D eigenvalue weighted by Crippen LogP contribution is 2.26. The van der Waals surface area contributed by atoms with E-state index in [-0.39, 0.29) is 11.4 Å². The highest BCUT2D eigenvalue weighted by Gasteiger charge is 2.20. The number of thiophene rings is 1.